The summed E-state index contributed by atoms with van der Waals surface area (Å²) in [6.45, 7) is 18.7. The molecule has 2 rings (SSSR count). The molecule has 0 aromatic rings. The van der Waals surface area contributed by atoms with E-state index in [9.17, 15) is 5.11 Å². The van der Waals surface area contributed by atoms with Crippen LogP contribution in [0.25, 0.3) is 0 Å². The Kier molecular flexibility index (Phi) is 8.76. The second-order valence-electron chi connectivity index (χ2n) is 9.91. The molecule has 2 aliphatic rings. The fourth-order valence-corrected chi connectivity index (χ4v) is 11.4. The van der Waals surface area contributed by atoms with Crippen molar-refractivity contribution in [2.24, 2.45) is 11.8 Å². The second-order valence-corrected chi connectivity index (χ2v) is 15.3. The lowest BCUT2D eigenvalue weighted by Crippen LogP contribution is -2.59. The average molecular weight is 433 g/mol. The van der Waals surface area contributed by atoms with Crippen molar-refractivity contribution in [2.45, 2.75) is 103 Å². The van der Waals surface area contributed by atoms with E-state index in [4.69, 9.17) is 23.4 Å². The van der Waals surface area contributed by atoms with Gasteiger partial charge >= 0.3 is 0 Å². The molecule has 2 heterocycles. The van der Waals surface area contributed by atoms with Crippen molar-refractivity contribution in [1.82, 2.24) is 0 Å². The number of ether oxygens (including phenoxy) is 4. The molecule has 0 aromatic heterocycles. The summed E-state index contributed by atoms with van der Waals surface area (Å²) in [7, 11) is -0.394. The van der Waals surface area contributed by atoms with Crippen molar-refractivity contribution in [2.75, 3.05) is 27.1 Å². The summed E-state index contributed by atoms with van der Waals surface area (Å²) in [5.74, 6) is -0.443. The predicted molar refractivity (Wildman–Crippen MR) is 116 cm³/mol. The van der Waals surface area contributed by atoms with E-state index in [2.05, 4.69) is 55.4 Å². The molecule has 7 heteroatoms. The predicted octanol–water partition coefficient (Wildman–Crippen LogP) is 4.32. The van der Waals surface area contributed by atoms with Crippen LogP contribution in [-0.4, -0.2) is 64.6 Å². The molecule has 2 saturated heterocycles. The minimum atomic E-state index is -1.99. The van der Waals surface area contributed by atoms with Gasteiger partial charge in [0.25, 0.3) is 0 Å². The molecule has 1 spiro atoms. The molecule has 0 radical (unpaired) electrons. The van der Waals surface area contributed by atoms with Crippen LogP contribution in [0.3, 0.4) is 0 Å². The smallest absolute Gasteiger partial charge is 0.200 e. The third kappa shape index (κ3) is 4.76. The zero-order chi connectivity index (χ0) is 22.0. The van der Waals surface area contributed by atoms with Gasteiger partial charge in [0, 0.05) is 19.4 Å². The van der Waals surface area contributed by atoms with Crippen molar-refractivity contribution < 1.29 is 28.5 Å². The molecule has 6 atom stereocenters. The summed E-state index contributed by atoms with van der Waals surface area (Å²) in [6, 6.07) is 0. The van der Waals surface area contributed by atoms with Crippen LogP contribution < -0.4 is 0 Å². The lowest BCUT2D eigenvalue weighted by molar-refractivity contribution is -0.333. The van der Waals surface area contributed by atoms with E-state index in [-0.39, 0.29) is 37.4 Å². The van der Waals surface area contributed by atoms with E-state index >= 15 is 0 Å². The van der Waals surface area contributed by atoms with Crippen LogP contribution in [0.15, 0.2) is 0 Å². The highest BCUT2D eigenvalue weighted by Crippen LogP contribution is 2.49. The molecule has 0 saturated carbocycles. The molecule has 2 aliphatic heterocycles. The number of hydrogen-bond acceptors (Lipinski definition) is 6. The van der Waals surface area contributed by atoms with Gasteiger partial charge < -0.3 is 28.5 Å². The van der Waals surface area contributed by atoms with Crippen molar-refractivity contribution in [3.05, 3.63) is 0 Å². The van der Waals surface area contributed by atoms with E-state index in [1.54, 1.807) is 7.11 Å². The number of hydrogen-bond donors (Lipinski definition) is 1. The normalized spacial score (nSPS) is 36.1. The number of aliphatic hydroxyl groups is 1. The quantitative estimate of drug-likeness (QED) is 0.432. The lowest BCUT2D eigenvalue weighted by atomic mass is 9.78. The minimum Gasteiger partial charge on any atom is -0.411 e. The first-order chi connectivity index (χ1) is 13.6. The van der Waals surface area contributed by atoms with E-state index in [1.165, 1.54) is 0 Å². The first-order valence-electron chi connectivity index (χ1n) is 11.3. The fourth-order valence-electron chi connectivity index (χ4n) is 5.84. The van der Waals surface area contributed by atoms with E-state index in [0.717, 1.165) is 0 Å². The molecule has 2 fully saturated rings. The first kappa shape index (κ1) is 25.2. The molecule has 0 amide bonds. The largest absolute Gasteiger partial charge is 0.411 e. The Morgan fingerprint density at radius 3 is 2.14 bits per heavy atom. The molecule has 0 unspecified atom stereocenters. The number of aliphatic hydroxyl groups excluding tert-OH is 1. The average Bonchev–Trinajstić information content (AvgIpc) is 3.06. The lowest BCUT2D eigenvalue weighted by Gasteiger charge is -2.49. The van der Waals surface area contributed by atoms with Gasteiger partial charge in [0.1, 0.15) is 12.9 Å². The van der Waals surface area contributed by atoms with Gasteiger partial charge in [-0.05, 0) is 22.5 Å². The number of rotatable bonds is 9. The molecule has 29 heavy (non-hydrogen) atoms. The van der Waals surface area contributed by atoms with Crippen LogP contribution in [0, 0.1) is 11.8 Å². The van der Waals surface area contributed by atoms with Crippen LogP contribution in [-0.2, 0) is 23.4 Å². The highest BCUT2D eigenvalue weighted by molar-refractivity contribution is 6.77. The topological polar surface area (TPSA) is 66.4 Å². The molecule has 0 bridgehead atoms. The van der Waals surface area contributed by atoms with Gasteiger partial charge in [-0.1, -0.05) is 55.4 Å². The fraction of sp³-hybridized carbons (Fsp3) is 1.00. The highest BCUT2D eigenvalue weighted by Gasteiger charge is 2.57. The zero-order valence-corrected chi connectivity index (χ0v) is 20.9. The van der Waals surface area contributed by atoms with E-state index in [0.29, 0.717) is 29.7 Å². The van der Waals surface area contributed by atoms with Crippen LogP contribution in [0.5, 0.6) is 0 Å². The Labute approximate surface area is 178 Å². The summed E-state index contributed by atoms with van der Waals surface area (Å²) >= 11 is 0. The molecule has 172 valence electrons. The van der Waals surface area contributed by atoms with Crippen molar-refractivity contribution in [3.63, 3.8) is 0 Å². The van der Waals surface area contributed by atoms with Gasteiger partial charge in [-0.25, -0.2) is 0 Å². The van der Waals surface area contributed by atoms with Gasteiger partial charge in [0.05, 0.1) is 25.4 Å². The Bertz CT molecular complexity index is 490. The number of methoxy groups -OCH3 is 1. The Morgan fingerprint density at radius 1 is 1.07 bits per heavy atom. The van der Waals surface area contributed by atoms with Crippen LogP contribution in [0.4, 0.5) is 0 Å². The summed E-state index contributed by atoms with van der Waals surface area (Å²) in [6.07, 6.45) is 0.0729. The zero-order valence-electron chi connectivity index (χ0n) is 19.9. The van der Waals surface area contributed by atoms with E-state index in [1.807, 2.05) is 0 Å². The molecular formula is C22H44O6Si. The monoisotopic (exact) mass is 432 g/mol. The Morgan fingerprint density at radius 2 is 1.66 bits per heavy atom. The standard InChI is InChI=1S/C22H44O6Si/c1-14(2)29(15(3)4,16(5)6)28-19-10-22(26-12-19)18(8)17(7)21(25-13-24-9)20(11-23)27-22/h14-21,23H,10-13H2,1-9H3/t17-,18-,19-,20-,21+,22+/m0/s1. The SMILES string of the molecule is COCO[C@@H]1[C@@H](C)[C@H](C)[C@@]2(C[C@H](O[Si](C(C)C)(C(C)C)C(C)C)CO2)O[C@H]1CO. The summed E-state index contributed by atoms with van der Waals surface area (Å²) < 4.78 is 30.6. The second kappa shape index (κ2) is 10.1. The molecular weight excluding hydrogens is 388 g/mol. The van der Waals surface area contributed by atoms with Crippen molar-refractivity contribution in [3.8, 4) is 0 Å². The summed E-state index contributed by atoms with van der Waals surface area (Å²) in [5.41, 5.74) is 1.58. The van der Waals surface area contributed by atoms with Crippen LogP contribution in [0.1, 0.15) is 61.8 Å². The minimum absolute atomic E-state index is 0.0271. The Hall–Kier alpha value is -0.0231. The van der Waals surface area contributed by atoms with Crippen molar-refractivity contribution in [1.29, 1.82) is 0 Å². The maximum Gasteiger partial charge on any atom is 0.200 e. The maximum absolute atomic E-state index is 9.95. The highest BCUT2D eigenvalue weighted by atomic mass is 28.4. The molecule has 0 aromatic carbocycles. The summed E-state index contributed by atoms with van der Waals surface area (Å²) in [5, 5.41) is 9.95. The van der Waals surface area contributed by atoms with Gasteiger partial charge in [0.15, 0.2) is 5.79 Å². The van der Waals surface area contributed by atoms with Crippen LogP contribution >= 0.6 is 0 Å². The Balaban J connectivity index is 2.19. The maximum atomic E-state index is 9.95. The molecule has 1 N–H and O–H groups in total. The van der Waals surface area contributed by atoms with Crippen molar-refractivity contribution >= 4 is 8.32 Å². The summed E-state index contributed by atoms with van der Waals surface area (Å²) in [4.78, 5) is 0. The van der Waals surface area contributed by atoms with Gasteiger partial charge in [0.2, 0.25) is 8.32 Å². The van der Waals surface area contributed by atoms with Gasteiger partial charge in [-0.3, -0.25) is 0 Å². The molecule has 0 aliphatic carbocycles. The first-order valence-corrected chi connectivity index (χ1v) is 13.4. The van der Waals surface area contributed by atoms with Crippen LogP contribution in [0.2, 0.25) is 16.6 Å². The van der Waals surface area contributed by atoms with E-state index < -0.39 is 20.2 Å². The van der Waals surface area contributed by atoms with Gasteiger partial charge in [-0.2, -0.15) is 0 Å². The third-order valence-corrected chi connectivity index (χ3v) is 13.5. The molecule has 6 nitrogen and oxygen atoms in total. The third-order valence-electron chi connectivity index (χ3n) is 7.38. The van der Waals surface area contributed by atoms with Gasteiger partial charge in [-0.15, -0.1) is 0 Å².